The zero-order valence-electron chi connectivity index (χ0n) is 16.1. The van der Waals surface area contributed by atoms with Gasteiger partial charge in [0.1, 0.15) is 24.5 Å². The first-order valence-electron chi connectivity index (χ1n) is 10.1. The topological polar surface area (TPSA) is 38.3 Å². The van der Waals surface area contributed by atoms with E-state index >= 15 is 0 Å². The standard InChI is InChI=1S/C23H29N2O2/c1-27-21-11-9-20(10-12-21)25(15-13-24-14-16-25)23(26)17-19-7-4-6-18-5-2-3-8-22(18)19/h2-3,5,8-12,19,24H,4,6-7,13-17H2,1H3/q+1. The van der Waals surface area contributed by atoms with Crippen LogP contribution in [0.5, 0.6) is 5.75 Å². The summed E-state index contributed by atoms with van der Waals surface area (Å²) < 4.78 is 5.76. The van der Waals surface area contributed by atoms with Gasteiger partial charge in [0.05, 0.1) is 13.5 Å². The summed E-state index contributed by atoms with van der Waals surface area (Å²) in [7, 11) is 1.68. The van der Waals surface area contributed by atoms with Crippen LogP contribution in [-0.2, 0) is 11.2 Å². The molecular formula is C23H29N2O2+. The van der Waals surface area contributed by atoms with Crippen molar-refractivity contribution in [3.63, 3.8) is 0 Å². The summed E-state index contributed by atoms with van der Waals surface area (Å²) in [5.74, 6) is 1.54. The average Bonchev–Trinajstić information content (AvgIpc) is 2.74. The van der Waals surface area contributed by atoms with Crippen molar-refractivity contribution >= 4 is 11.6 Å². The monoisotopic (exact) mass is 365 g/mol. The lowest BCUT2D eigenvalue weighted by Gasteiger charge is -2.40. The molecule has 27 heavy (non-hydrogen) atoms. The second-order valence-corrected chi connectivity index (χ2v) is 7.75. The average molecular weight is 365 g/mol. The Morgan fingerprint density at radius 3 is 2.59 bits per heavy atom. The van der Waals surface area contributed by atoms with E-state index < -0.39 is 0 Å². The van der Waals surface area contributed by atoms with Crippen LogP contribution in [0.15, 0.2) is 48.5 Å². The molecule has 0 aromatic heterocycles. The Bertz CT molecular complexity index is 794. The number of benzene rings is 2. The zero-order chi connectivity index (χ0) is 18.7. The van der Waals surface area contributed by atoms with Gasteiger partial charge in [-0.15, -0.1) is 0 Å². The second kappa shape index (κ2) is 7.83. The van der Waals surface area contributed by atoms with E-state index in [-0.39, 0.29) is 0 Å². The predicted molar refractivity (Wildman–Crippen MR) is 109 cm³/mol. The van der Waals surface area contributed by atoms with E-state index in [2.05, 4.69) is 41.7 Å². The molecule has 0 bridgehead atoms. The van der Waals surface area contributed by atoms with Gasteiger partial charge in [-0.1, -0.05) is 24.3 Å². The number of ether oxygens (including phenoxy) is 1. The summed E-state index contributed by atoms with van der Waals surface area (Å²) in [4.78, 5) is 13.7. The molecular weight excluding hydrogens is 336 g/mol. The summed E-state index contributed by atoms with van der Waals surface area (Å²) in [6, 6.07) is 16.8. The Hall–Kier alpha value is -2.17. The van der Waals surface area contributed by atoms with Crippen LogP contribution in [0.2, 0.25) is 0 Å². The third-order valence-corrected chi connectivity index (χ3v) is 6.30. The number of carbonyl (C=O) groups excluding carboxylic acids is 1. The van der Waals surface area contributed by atoms with Crippen LogP contribution in [0.3, 0.4) is 0 Å². The van der Waals surface area contributed by atoms with Crippen LogP contribution < -0.4 is 14.5 Å². The van der Waals surface area contributed by atoms with Crippen molar-refractivity contribution in [3.8, 4) is 5.75 Å². The Labute approximate surface area is 161 Å². The van der Waals surface area contributed by atoms with Crippen LogP contribution in [0.1, 0.15) is 36.3 Å². The van der Waals surface area contributed by atoms with E-state index in [1.54, 1.807) is 7.11 Å². The molecule has 0 radical (unpaired) electrons. The molecule has 1 atom stereocenters. The molecule has 2 aromatic carbocycles. The van der Waals surface area contributed by atoms with E-state index in [0.717, 1.165) is 50.5 Å². The number of nitrogens with one attached hydrogen (secondary N) is 1. The van der Waals surface area contributed by atoms with Crippen LogP contribution in [-0.4, -0.2) is 39.2 Å². The molecule has 1 N–H and O–H groups in total. The van der Waals surface area contributed by atoms with E-state index in [4.69, 9.17) is 4.74 Å². The van der Waals surface area contributed by atoms with Crippen molar-refractivity contribution in [2.45, 2.75) is 31.6 Å². The molecule has 4 heteroatoms. The first-order valence-corrected chi connectivity index (χ1v) is 10.1. The molecule has 1 amide bonds. The largest absolute Gasteiger partial charge is 0.497 e. The van der Waals surface area contributed by atoms with Gasteiger partial charge in [-0.2, -0.15) is 0 Å². The van der Waals surface area contributed by atoms with Gasteiger partial charge in [0.15, 0.2) is 0 Å². The fourth-order valence-electron chi connectivity index (χ4n) is 4.75. The van der Waals surface area contributed by atoms with Crippen LogP contribution >= 0.6 is 0 Å². The number of quaternary nitrogens is 1. The predicted octanol–water partition coefficient (Wildman–Crippen LogP) is 3.64. The number of carbonyl (C=O) groups is 1. The highest BCUT2D eigenvalue weighted by Crippen LogP contribution is 2.36. The van der Waals surface area contributed by atoms with Crippen LogP contribution in [0.4, 0.5) is 5.69 Å². The minimum atomic E-state index is 0.350. The van der Waals surface area contributed by atoms with Crippen molar-refractivity contribution in [1.29, 1.82) is 0 Å². The second-order valence-electron chi connectivity index (χ2n) is 7.75. The molecule has 4 rings (SSSR count). The van der Waals surface area contributed by atoms with Gasteiger partial charge in [0.25, 0.3) is 0 Å². The number of methoxy groups -OCH3 is 1. The number of aryl methyl sites for hydroxylation is 1. The van der Waals surface area contributed by atoms with E-state index in [1.165, 1.54) is 17.5 Å². The molecule has 1 aliphatic carbocycles. The summed E-state index contributed by atoms with van der Waals surface area (Å²) in [5, 5.41) is 3.41. The number of amides is 1. The maximum atomic E-state index is 13.7. The van der Waals surface area contributed by atoms with Gasteiger partial charge in [-0.25, -0.2) is 9.28 Å². The molecule has 1 aliphatic heterocycles. The van der Waals surface area contributed by atoms with Gasteiger partial charge < -0.3 is 10.1 Å². The maximum Gasteiger partial charge on any atom is 0.319 e. The Kier molecular flexibility index (Phi) is 5.28. The van der Waals surface area contributed by atoms with Gasteiger partial charge in [0, 0.05) is 25.2 Å². The quantitative estimate of drug-likeness (QED) is 0.841. The lowest BCUT2D eigenvalue weighted by Crippen LogP contribution is -2.63. The lowest BCUT2D eigenvalue weighted by molar-refractivity contribution is -0.131. The molecule has 2 aromatic rings. The van der Waals surface area contributed by atoms with Crippen molar-refractivity contribution in [3.05, 3.63) is 59.7 Å². The van der Waals surface area contributed by atoms with Crippen molar-refractivity contribution in [1.82, 2.24) is 9.80 Å². The number of nitrogens with zero attached hydrogens (tertiary/aromatic N) is 1. The molecule has 1 heterocycles. The molecule has 1 fully saturated rings. The van der Waals surface area contributed by atoms with Crippen molar-refractivity contribution in [2.75, 3.05) is 33.3 Å². The van der Waals surface area contributed by atoms with E-state index in [0.29, 0.717) is 22.7 Å². The lowest BCUT2D eigenvalue weighted by atomic mass is 9.80. The Morgan fingerprint density at radius 2 is 1.85 bits per heavy atom. The first kappa shape index (κ1) is 18.2. The highest BCUT2D eigenvalue weighted by atomic mass is 16.5. The van der Waals surface area contributed by atoms with Crippen LogP contribution in [0, 0.1) is 0 Å². The minimum Gasteiger partial charge on any atom is -0.497 e. The van der Waals surface area contributed by atoms with Crippen molar-refractivity contribution in [2.24, 2.45) is 0 Å². The van der Waals surface area contributed by atoms with Gasteiger partial charge in [-0.3, -0.25) is 0 Å². The SMILES string of the molecule is COc1ccc([N+]2(C(=O)CC3CCCc4ccccc43)CCNCC2)cc1. The molecule has 0 spiro atoms. The fraction of sp³-hybridized carbons (Fsp3) is 0.435. The first-order chi connectivity index (χ1) is 13.2. The highest BCUT2D eigenvalue weighted by Gasteiger charge is 2.41. The number of hydrogen-bond donors (Lipinski definition) is 1. The number of piperazine rings is 1. The summed E-state index contributed by atoms with van der Waals surface area (Å²) in [5.41, 5.74) is 3.91. The molecule has 1 unspecified atom stereocenters. The number of hydrogen-bond acceptors (Lipinski definition) is 3. The third-order valence-electron chi connectivity index (χ3n) is 6.30. The zero-order valence-corrected chi connectivity index (χ0v) is 16.1. The molecule has 142 valence electrons. The smallest absolute Gasteiger partial charge is 0.319 e. The maximum absolute atomic E-state index is 13.7. The van der Waals surface area contributed by atoms with Crippen molar-refractivity contribution < 1.29 is 9.53 Å². The van der Waals surface area contributed by atoms with Gasteiger partial charge in [-0.05, 0) is 48.4 Å². The summed E-state index contributed by atoms with van der Waals surface area (Å²) in [6.07, 6.45) is 4.06. The van der Waals surface area contributed by atoms with E-state index in [1.807, 2.05) is 12.1 Å². The Balaban J connectivity index is 1.62. The summed E-state index contributed by atoms with van der Waals surface area (Å²) in [6.45, 7) is 3.39. The molecule has 2 aliphatic rings. The Morgan fingerprint density at radius 1 is 1.11 bits per heavy atom. The summed E-state index contributed by atoms with van der Waals surface area (Å²) >= 11 is 0. The number of fused-ring (bicyclic) bond motifs is 1. The molecule has 1 saturated heterocycles. The van der Waals surface area contributed by atoms with Gasteiger partial charge in [0.2, 0.25) is 0 Å². The molecule has 4 nitrogen and oxygen atoms in total. The normalized spacial score (nSPS) is 21.3. The van der Waals surface area contributed by atoms with E-state index in [9.17, 15) is 4.79 Å². The molecule has 0 saturated carbocycles. The number of rotatable bonds is 4. The van der Waals surface area contributed by atoms with Gasteiger partial charge >= 0.3 is 5.91 Å². The van der Waals surface area contributed by atoms with Crippen LogP contribution in [0.25, 0.3) is 0 Å². The highest BCUT2D eigenvalue weighted by molar-refractivity contribution is 5.89. The third kappa shape index (κ3) is 3.52. The fourth-order valence-corrected chi connectivity index (χ4v) is 4.75. The minimum absolute atomic E-state index is 0.350.